The van der Waals surface area contributed by atoms with Gasteiger partial charge in [-0.25, -0.2) is 8.78 Å². The topological polar surface area (TPSA) is 52.6 Å². The fourth-order valence-electron chi connectivity index (χ4n) is 1.55. The second kappa shape index (κ2) is 8.50. The Balaban J connectivity index is 2.25. The highest BCUT2D eigenvalue weighted by atomic mass is 19.3. The number of ether oxygens (including phenoxy) is 2. The van der Waals surface area contributed by atoms with E-state index < -0.39 is 30.9 Å². The number of aryl methyl sites for hydroxylation is 1. The van der Waals surface area contributed by atoms with E-state index in [4.69, 9.17) is 4.74 Å². The van der Waals surface area contributed by atoms with Crippen molar-refractivity contribution in [3.05, 3.63) is 29.8 Å². The van der Waals surface area contributed by atoms with E-state index in [2.05, 4.69) is 4.74 Å². The maximum absolute atomic E-state index is 12.5. The molecule has 0 aliphatic carbocycles. The lowest BCUT2D eigenvalue weighted by Crippen LogP contribution is -2.33. The Kier molecular flexibility index (Phi) is 6.99. The third kappa shape index (κ3) is 7.12. The lowest BCUT2D eigenvalue weighted by molar-refractivity contribution is -0.179. The van der Waals surface area contributed by atoms with E-state index in [0.717, 1.165) is 5.56 Å². The summed E-state index contributed by atoms with van der Waals surface area (Å²) in [6.07, 6.45) is -4.38. The summed E-state index contributed by atoms with van der Waals surface area (Å²) in [6, 6.07) is 6.77. The van der Waals surface area contributed by atoms with Crippen LogP contribution in [0.3, 0.4) is 0 Å². The van der Waals surface area contributed by atoms with E-state index in [1.807, 2.05) is 13.0 Å². The first-order valence-electron chi connectivity index (χ1n) is 6.79. The van der Waals surface area contributed by atoms with Crippen LogP contribution in [0.4, 0.5) is 17.6 Å². The molecule has 0 atom stereocenters. The molecule has 0 unspecified atom stereocenters. The van der Waals surface area contributed by atoms with Crippen LogP contribution in [0.5, 0.6) is 5.75 Å². The highest BCUT2D eigenvalue weighted by molar-refractivity contribution is 5.74. The lowest BCUT2D eigenvalue weighted by Gasteiger charge is -2.14. The molecule has 0 radical (unpaired) electrons. The lowest BCUT2D eigenvalue weighted by atomic mass is 10.2. The molecule has 0 aromatic heterocycles. The van der Waals surface area contributed by atoms with Crippen molar-refractivity contribution in [2.45, 2.75) is 38.5 Å². The van der Waals surface area contributed by atoms with E-state index in [-0.39, 0.29) is 19.3 Å². The predicted molar refractivity (Wildman–Crippen MR) is 72.6 cm³/mol. The Hall–Kier alpha value is -2.12. The number of rotatable bonds is 8. The van der Waals surface area contributed by atoms with Crippen LogP contribution in [0.25, 0.3) is 0 Å². The fraction of sp³-hybridized carbons (Fsp3) is 0.467. The van der Waals surface area contributed by atoms with E-state index >= 15 is 0 Å². The first kappa shape index (κ1) is 18.9. The molecule has 0 amide bonds. The van der Waals surface area contributed by atoms with Gasteiger partial charge in [-0.2, -0.15) is 8.78 Å². The summed E-state index contributed by atoms with van der Waals surface area (Å²) in [5, 5.41) is 0. The van der Waals surface area contributed by atoms with Crippen molar-refractivity contribution < 1.29 is 36.6 Å². The zero-order valence-electron chi connectivity index (χ0n) is 12.4. The standard InChI is InChI=1S/C15H16F4O4/c1-10-4-2-5-11(8-10)23-13(21)7-3-6-12(20)22-9-15(18,19)14(16)17/h2,4-5,8,14H,3,6-7,9H2,1H3. The zero-order valence-corrected chi connectivity index (χ0v) is 12.4. The first-order valence-corrected chi connectivity index (χ1v) is 6.79. The summed E-state index contributed by atoms with van der Waals surface area (Å²) in [7, 11) is 0. The van der Waals surface area contributed by atoms with Gasteiger partial charge >= 0.3 is 24.3 Å². The number of alkyl halides is 4. The molecule has 0 bridgehead atoms. The second-order valence-corrected chi connectivity index (χ2v) is 4.87. The largest absolute Gasteiger partial charge is 0.459 e. The minimum atomic E-state index is -4.38. The average Bonchev–Trinajstić information content (AvgIpc) is 2.45. The van der Waals surface area contributed by atoms with Crippen molar-refractivity contribution in [2.24, 2.45) is 0 Å². The van der Waals surface area contributed by atoms with Crippen LogP contribution >= 0.6 is 0 Å². The van der Waals surface area contributed by atoms with Crippen LogP contribution in [0.2, 0.25) is 0 Å². The van der Waals surface area contributed by atoms with Gasteiger partial charge in [-0.1, -0.05) is 12.1 Å². The maximum atomic E-state index is 12.5. The Morgan fingerprint density at radius 1 is 1.17 bits per heavy atom. The predicted octanol–water partition coefficient (Wildman–Crippen LogP) is 3.51. The molecule has 0 aliphatic heterocycles. The van der Waals surface area contributed by atoms with E-state index in [0.29, 0.717) is 5.75 Å². The van der Waals surface area contributed by atoms with Crippen molar-refractivity contribution in [3.63, 3.8) is 0 Å². The molecule has 0 spiro atoms. The minimum absolute atomic E-state index is 0.00370. The van der Waals surface area contributed by atoms with Gasteiger partial charge in [0.1, 0.15) is 5.75 Å². The average molecular weight is 336 g/mol. The normalized spacial score (nSPS) is 11.4. The highest BCUT2D eigenvalue weighted by Gasteiger charge is 2.42. The molecule has 0 heterocycles. The molecule has 0 N–H and O–H groups in total. The Bertz CT molecular complexity index is 546. The van der Waals surface area contributed by atoms with Crippen LogP contribution in [0.15, 0.2) is 24.3 Å². The summed E-state index contributed by atoms with van der Waals surface area (Å²) in [5.41, 5.74) is 0.902. The number of carbonyl (C=O) groups excluding carboxylic acids is 2. The van der Waals surface area contributed by atoms with Gasteiger partial charge in [0, 0.05) is 12.8 Å². The molecule has 0 saturated carbocycles. The van der Waals surface area contributed by atoms with Gasteiger partial charge in [-0.3, -0.25) is 9.59 Å². The summed E-state index contributed by atoms with van der Waals surface area (Å²) in [6.45, 7) is 0.139. The van der Waals surface area contributed by atoms with Gasteiger partial charge in [0.2, 0.25) is 0 Å². The van der Waals surface area contributed by atoms with Crippen LogP contribution in [-0.2, 0) is 14.3 Å². The summed E-state index contributed by atoms with van der Waals surface area (Å²) < 4.78 is 57.8. The maximum Gasteiger partial charge on any atom is 0.340 e. The molecule has 1 aromatic carbocycles. The molecule has 1 aromatic rings. The summed E-state index contributed by atoms with van der Waals surface area (Å²) in [5.74, 6) is -5.69. The molecular weight excluding hydrogens is 320 g/mol. The molecular formula is C15H16F4O4. The van der Waals surface area contributed by atoms with Crippen LogP contribution in [-0.4, -0.2) is 30.9 Å². The molecule has 0 fully saturated rings. The Morgan fingerprint density at radius 2 is 1.83 bits per heavy atom. The minimum Gasteiger partial charge on any atom is -0.459 e. The molecule has 0 saturated heterocycles. The molecule has 23 heavy (non-hydrogen) atoms. The van der Waals surface area contributed by atoms with Crippen molar-refractivity contribution in [2.75, 3.05) is 6.61 Å². The monoisotopic (exact) mass is 336 g/mol. The Morgan fingerprint density at radius 3 is 2.43 bits per heavy atom. The van der Waals surface area contributed by atoms with E-state index in [1.54, 1.807) is 18.2 Å². The first-order chi connectivity index (χ1) is 10.7. The number of hydrogen-bond acceptors (Lipinski definition) is 4. The molecule has 4 nitrogen and oxygen atoms in total. The second-order valence-electron chi connectivity index (χ2n) is 4.87. The van der Waals surface area contributed by atoms with E-state index in [9.17, 15) is 27.2 Å². The van der Waals surface area contributed by atoms with Gasteiger partial charge in [0.05, 0.1) is 0 Å². The molecule has 8 heteroatoms. The third-order valence-electron chi connectivity index (χ3n) is 2.73. The van der Waals surface area contributed by atoms with Gasteiger partial charge in [-0.15, -0.1) is 0 Å². The van der Waals surface area contributed by atoms with Gasteiger partial charge in [-0.05, 0) is 31.0 Å². The quantitative estimate of drug-likeness (QED) is 0.414. The number of benzene rings is 1. The molecule has 128 valence electrons. The van der Waals surface area contributed by atoms with Gasteiger partial charge < -0.3 is 9.47 Å². The number of halogens is 4. The SMILES string of the molecule is Cc1cccc(OC(=O)CCCC(=O)OCC(F)(F)C(F)F)c1. The van der Waals surface area contributed by atoms with Crippen LogP contribution < -0.4 is 4.74 Å². The third-order valence-corrected chi connectivity index (χ3v) is 2.73. The van der Waals surface area contributed by atoms with Crippen LogP contribution in [0, 0.1) is 6.92 Å². The highest BCUT2D eigenvalue weighted by Crippen LogP contribution is 2.23. The van der Waals surface area contributed by atoms with Crippen molar-refractivity contribution in [3.8, 4) is 5.75 Å². The van der Waals surface area contributed by atoms with Crippen molar-refractivity contribution in [1.82, 2.24) is 0 Å². The fourth-order valence-corrected chi connectivity index (χ4v) is 1.55. The number of esters is 2. The number of carbonyl (C=O) groups is 2. The molecule has 0 aliphatic rings. The van der Waals surface area contributed by atoms with Crippen molar-refractivity contribution in [1.29, 1.82) is 0 Å². The summed E-state index contributed by atoms with van der Waals surface area (Å²) >= 11 is 0. The van der Waals surface area contributed by atoms with Gasteiger partial charge in [0.25, 0.3) is 0 Å². The smallest absolute Gasteiger partial charge is 0.340 e. The van der Waals surface area contributed by atoms with Gasteiger partial charge in [0.15, 0.2) is 6.61 Å². The summed E-state index contributed by atoms with van der Waals surface area (Å²) in [4.78, 5) is 22.7. The Labute approximate surface area is 130 Å². The van der Waals surface area contributed by atoms with Crippen LogP contribution in [0.1, 0.15) is 24.8 Å². The molecule has 1 rings (SSSR count). The van der Waals surface area contributed by atoms with Crippen molar-refractivity contribution >= 4 is 11.9 Å². The number of hydrogen-bond donors (Lipinski definition) is 0. The van der Waals surface area contributed by atoms with E-state index in [1.165, 1.54) is 0 Å². The zero-order chi connectivity index (χ0) is 17.5.